The van der Waals surface area contributed by atoms with E-state index < -0.39 is 0 Å². The zero-order valence-corrected chi connectivity index (χ0v) is 11.9. The molecule has 0 aliphatic heterocycles. The Morgan fingerprint density at radius 2 is 2.11 bits per heavy atom. The van der Waals surface area contributed by atoms with E-state index in [1.54, 1.807) is 0 Å². The monoisotopic (exact) mass is 248 g/mol. The highest BCUT2D eigenvalue weighted by Gasteiger charge is 2.13. The largest absolute Gasteiger partial charge is 0.312 e. The lowest BCUT2D eigenvalue weighted by Crippen LogP contribution is -2.39. The minimum atomic E-state index is 0.128. The van der Waals surface area contributed by atoms with Gasteiger partial charge in [-0.2, -0.15) is 0 Å². The van der Waals surface area contributed by atoms with Crippen molar-refractivity contribution in [1.29, 1.82) is 0 Å². The van der Waals surface area contributed by atoms with Crippen LogP contribution in [0, 0.1) is 12.8 Å². The van der Waals surface area contributed by atoms with E-state index in [1.807, 2.05) is 43.0 Å². The predicted molar refractivity (Wildman–Crippen MR) is 76.9 cm³/mol. The summed E-state index contributed by atoms with van der Waals surface area (Å²) in [4.78, 5) is 14.0. The van der Waals surface area contributed by atoms with Crippen molar-refractivity contribution < 1.29 is 4.79 Å². The molecule has 1 aromatic carbocycles. The van der Waals surface area contributed by atoms with Crippen LogP contribution in [0.15, 0.2) is 24.3 Å². The molecule has 0 unspecified atom stereocenters. The number of likely N-dealkylation sites (N-methyl/N-ethyl adjacent to an activating group) is 1. The van der Waals surface area contributed by atoms with Crippen LogP contribution in [-0.2, 0) is 4.79 Å². The van der Waals surface area contributed by atoms with Crippen LogP contribution >= 0.6 is 0 Å². The number of rotatable bonds is 6. The Labute approximate surface area is 110 Å². The van der Waals surface area contributed by atoms with E-state index in [2.05, 4.69) is 19.2 Å². The molecule has 0 aliphatic rings. The SMILES string of the molecule is CCN(C(=O)CNCC(C)C)c1cccc(C)c1. The third-order valence-electron chi connectivity index (χ3n) is 2.76. The van der Waals surface area contributed by atoms with Crippen LogP contribution in [0.25, 0.3) is 0 Å². The summed E-state index contributed by atoms with van der Waals surface area (Å²) >= 11 is 0. The number of nitrogens with one attached hydrogen (secondary N) is 1. The van der Waals surface area contributed by atoms with Gasteiger partial charge in [-0.1, -0.05) is 26.0 Å². The Hall–Kier alpha value is -1.35. The first kappa shape index (κ1) is 14.7. The number of hydrogen-bond donors (Lipinski definition) is 1. The van der Waals surface area contributed by atoms with Crippen molar-refractivity contribution in [2.45, 2.75) is 27.7 Å². The lowest BCUT2D eigenvalue weighted by atomic mass is 10.2. The van der Waals surface area contributed by atoms with E-state index in [-0.39, 0.29) is 5.91 Å². The van der Waals surface area contributed by atoms with Gasteiger partial charge in [0.25, 0.3) is 0 Å². The molecule has 100 valence electrons. The van der Waals surface area contributed by atoms with Gasteiger partial charge in [0.15, 0.2) is 0 Å². The summed E-state index contributed by atoms with van der Waals surface area (Å²) in [5.41, 5.74) is 2.16. The first-order valence-corrected chi connectivity index (χ1v) is 6.62. The first-order valence-electron chi connectivity index (χ1n) is 6.62. The molecular formula is C15H24N2O. The van der Waals surface area contributed by atoms with Gasteiger partial charge < -0.3 is 10.2 Å². The summed E-state index contributed by atoms with van der Waals surface area (Å²) in [6.07, 6.45) is 0. The maximum atomic E-state index is 12.1. The Morgan fingerprint density at radius 3 is 2.67 bits per heavy atom. The molecule has 0 fully saturated rings. The van der Waals surface area contributed by atoms with Crippen molar-refractivity contribution in [3.05, 3.63) is 29.8 Å². The molecule has 0 radical (unpaired) electrons. The van der Waals surface area contributed by atoms with Gasteiger partial charge in [-0.15, -0.1) is 0 Å². The number of amides is 1. The van der Waals surface area contributed by atoms with Crippen LogP contribution in [0.5, 0.6) is 0 Å². The zero-order chi connectivity index (χ0) is 13.5. The van der Waals surface area contributed by atoms with Gasteiger partial charge >= 0.3 is 0 Å². The second-order valence-corrected chi connectivity index (χ2v) is 5.00. The second kappa shape index (κ2) is 7.17. The van der Waals surface area contributed by atoms with Crippen molar-refractivity contribution >= 4 is 11.6 Å². The van der Waals surface area contributed by atoms with Crippen molar-refractivity contribution in [1.82, 2.24) is 5.32 Å². The molecule has 18 heavy (non-hydrogen) atoms. The molecule has 1 N–H and O–H groups in total. The summed E-state index contributed by atoms with van der Waals surface area (Å²) in [5.74, 6) is 0.690. The minimum absolute atomic E-state index is 0.128. The maximum absolute atomic E-state index is 12.1. The highest BCUT2D eigenvalue weighted by molar-refractivity contribution is 5.94. The van der Waals surface area contributed by atoms with E-state index in [4.69, 9.17) is 0 Å². The molecule has 1 amide bonds. The smallest absolute Gasteiger partial charge is 0.240 e. The molecule has 1 rings (SSSR count). The fraction of sp³-hybridized carbons (Fsp3) is 0.533. The average Bonchev–Trinajstić information content (AvgIpc) is 2.29. The molecule has 0 heterocycles. The lowest BCUT2D eigenvalue weighted by molar-refractivity contribution is -0.117. The molecule has 0 saturated carbocycles. The highest BCUT2D eigenvalue weighted by Crippen LogP contribution is 2.15. The van der Waals surface area contributed by atoms with Crippen LogP contribution in [-0.4, -0.2) is 25.5 Å². The summed E-state index contributed by atoms with van der Waals surface area (Å²) in [6.45, 7) is 10.3. The summed E-state index contributed by atoms with van der Waals surface area (Å²) < 4.78 is 0. The van der Waals surface area contributed by atoms with Gasteiger partial charge in [-0.05, 0) is 44.0 Å². The number of hydrogen-bond acceptors (Lipinski definition) is 2. The Morgan fingerprint density at radius 1 is 1.39 bits per heavy atom. The van der Waals surface area contributed by atoms with Crippen LogP contribution < -0.4 is 10.2 Å². The van der Waals surface area contributed by atoms with Crippen LogP contribution in [0.1, 0.15) is 26.3 Å². The Bertz CT molecular complexity index is 388. The molecule has 0 spiro atoms. The zero-order valence-electron chi connectivity index (χ0n) is 11.9. The standard InChI is InChI=1S/C15H24N2O/c1-5-17(14-8-6-7-13(4)9-14)15(18)11-16-10-12(2)3/h6-9,12,16H,5,10-11H2,1-4H3. The van der Waals surface area contributed by atoms with E-state index >= 15 is 0 Å². The van der Waals surface area contributed by atoms with Crippen molar-refractivity contribution in [3.8, 4) is 0 Å². The van der Waals surface area contributed by atoms with Gasteiger partial charge in [0, 0.05) is 12.2 Å². The molecule has 1 aromatic rings. The van der Waals surface area contributed by atoms with Crippen molar-refractivity contribution in [3.63, 3.8) is 0 Å². The van der Waals surface area contributed by atoms with E-state index in [9.17, 15) is 4.79 Å². The number of benzene rings is 1. The third-order valence-corrected chi connectivity index (χ3v) is 2.76. The number of nitrogens with zero attached hydrogens (tertiary/aromatic N) is 1. The number of aryl methyl sites for hydroxylation is 1. The van der Waals surface area contributed by atoms with Crippen LogP contribution in [0.3, 0.4) is 0 Å². The topological polar surface area (TPSA) is 32.3 Å². The van der Waals surface area contributed by atoms with E-state index in [0.29, 0.717) is 19.0 Å². The Kier molecular flexibility index (Phi) is 5.86. The molecule has 0 aliphatic carbocycles. The number of carbonyl (C=O) groups is 1. The number of carbonyl (C=O) groups excluding carboxylic acids is 1. The fourth-order valence-corrected chi connectivity index (χ4v) is 1.86. The molecule has 3 nitrogen and oxygen atoms in total. The number of anilines is 1. The highest BCUT2D eigenvalue weighted by atomic mass is 16.2. The molecule has 0 atom stereocenters. The first-order chi connectivity index (χ1) is 8.54. The van der Waals surface area contributed by atoms with E-state index in [0.717, 1.165) is 12.2 Å². The molecule has 0 saturated heterocycles. The van der Waals surface area contributed by atoms with Crippen molar-refractivity contribution in [2.24, 2.45) is 5.92 Å². The summed E-state index contributed by atoms with van der Waals surface area (Å²) in [5, 5.41) is 3.19. The quantitative estimate of drug-likeness (QED) is 0.839. The molecule has 3 heteroatoms. The third kappa shape index (κ3) is 4.49. The summed E-state index contributed by atoms with van der Waals surface area (Å²) in [6, 6.07) is 8.06. The fourth-order valence-electron chi connectivity index (χ4n) is 1.86. The Balaban J connectivity index is 2.63. The van der Waals surface area contributed by atoms with Crippen molar-refractivity contribution in [2.75, 3.05) is 24.5 Å². The lowest BCUT2D eigenvalue weighted by Gasteiger charge is -2.22. The normalized spacial score (nSPS) is 10.7. The molecular weight excluding hydrogens is 224 g/mol. The van der Waals surface area contributed by atoms with Gasteiger partial charge in [-0.25, -0.2) is 0 Å². The minimum Gasteiger partial charge on any atom is -0.312 e. The predicted octanol–water partition coefficient (Wildman–Crippen LogP) is 2.59. The summed E-state index contributed by atoms with van der Waals surface area (Å²) in [7, 11) is 0. The molecule has 0 aromatic heterocycles. The van der Waals surface area contributed by atoms with Gasteiger partial charge in [0.1, 0.15) is 0 Å². The van der Waals surface area contributed by atoms with Gasteiger partial charge in [0.05, 0.1) is 6.54 Å². The van der Waals surface area contributed by atoms with Crippen LogP contribution in [0.4, 0.5) is 5.69 Å². The molecule has 0 bridgehead atoms. The van der Waals surface area contributed by atoms with Gasteiger partial charge in [-0.3, -0.25) is 4.79 Å². The maximum Gasteiger partial charge on any atom is 0.240 e. The average molecular weight is 248 g/mol. The van der Waals surface area contributed by atoms with Gasteiger partial charge in [0.2, 0.25) is 5.91 Å². The second-order valence-electron chi connectivity index (χ2n) is 5.00. The van der Waals surface area contributed by atoms with Crippen LogP contribution in [0.2, 0.25) is 0 Å². The van der Waals surface area contributed by atoms with E-state index in [1.165, 1.54) is 5.56 Å².